The lowest BCUT2D eigenvalue weighted by Crippen LogP contribution is -1.92. The molecule has 0 radical (unpaired) electrons. The van der Waals surface area contributed by atoms with Gasteiger partial charge in [-0.3, -0.25) is 9.38 Å². The van der Waals surface area contributed by atoms with Crippen LogP contribution in [0.15, 0.2) is 115 Å². The Balaban J connectivity index is 1.39. The van der Waals surface area contributed by atoms with Crippen LogP contribution in [0.1, 0.15) is 0 Å². The number of pyridine rings is 3. The Morgan fingerprint density at radius 1 is 0.583 bits per heavy atom. The summed E-state index contributed by atoms with van der Waals surface area (Å²) in [7, 11) is 0. The van der Waals surface area contributed by atoms with Crippen LogP contribution in [0.5, 0.6) is 5.75 Å². The number of hydrogen-bond acceptors (Lipinski definition) is 4. The first kappa shape index (κ1) is 20.4. The van der Waals surface area contributed by atoms with E-state index in [1.807, 2.05) is 91.0 Å². The first-order valence-electron chi connectivity index (χ1n) is 11.8. The second-order valence-corrected chi connectivity index (χ2v) is 8.76. The maximum atomic E-state index is 11.0. The van der Waals surface area contributed by atoms with E-state index in [2.05, 4.69) is 21.5 Å². The number of aromatic hydroxyl groups is 1. The molecule has 0 saturated heterocycles. The number of nitrogens with zero attached hydrogens (tertiary/aromatic N) is 4. The molecule has 0 atom stereocenters. The first-order valence-corrected chi connectivity index (χ1v) is 11.8. The van der Waals surface area contributed by atoms with Crippen molar-refractivity contribution < 1.29 is 5.11 Å². The van der Waals surface area contributed by atoms with Crippen molar-refractivity contribution in [3.8, 4) is 39.5 Å². The molecule has 0 aliphatic rings. The molecule has 0 fully saturated rings. The Morgan fingerprint density at radius 2 is 1.36 bits per heavy atom. The molecular formula is C31H20N4O. The summed E-state index contributed by atoms with van der Waals surface area (Å²) in [6.45, 7) is 0. The first-order chi connectivity index (χ1) is 17.7. The minimum atomic E-state index is 0.193. The summed E-state index contributed by atoms with van der Waals surface area (Å²) in [5, 5.41) is 11.9. The topological polar surface area (TPSA) is 63.3 Å². The zero-order chi connectivity index (χ0) is 24.1. The van der Waals surface area contributed by atoms with Crippen LogP contribution in [0.3, 0.4) is 0 Å². The van der Waals surface area contributed by atoms with E-state index in [0.717, 1.165) is 50.1 Å². The third-order valence-electron chi connectivity index (χ3n) is 6.53. The highest BCUT2D eigenvalue weighted by atomic mass is 16.3. The second-order valence-electron chi connectivity index (χ2n) is 8.76. The highest BCUT2D eigenvalue weighted by Crippen LogP contribution is 2.35. The minimum Gasteiger partial charge on any atom is -0.507 e. The molecule has 5 heteroatoms. The molecule has 36 heavy (non-hydrogen) atoms. The van der Waals surface area contributed by atoms with E-state index in [9.17, 15) is 5.11 Å². The van der Waals surface area contributed by atoms with Gasteiger partial charge in [-0.2, -0.15) is 0 Å². The van der Waals surface area contributed by atoms with Gasteiger partial charge in [-0.15, -0.1) is 0 Å². The fourth-order valence-electron chi connectivity index (χ4n) is 4.82. The smallest absolute Gasteiger partial charge is 0.138 e. The number of rotatable bonds is 3. The fourth-order valence-corrected chi connectivity index (χ4v) is 4.82. The van der Waals surface area contributed by atoms with E-state index in [4.69, 9.17) is 9.97 Å². The molecular weight excluding hydrogens is 444 g/mol. The number of benzene rings is 3. The molecule has 0 aliphatic carbocycles. The van der Waals surface area contributed by atoms with E-state index in [1.54, 1.807) is 12.3 Å². The van der Waals surface area contributed by atoms with Gasteiger partial charge in [0.1, 0.15) is 11.4 Å². The van der Waals surface area contributed by atoms with Crippen LogP contribution < -0.4 is 0 Å². The highest BCUT2D eigenvalue weighted by Gasteiger charge is 2.14. The van der Waals surface area contributed by atoms with Crippen molar-refractivity contribution in [1.82, 2.24) is 19.4 Å². The summed E-state index contributed by atoms with van der Waals surface area (Å²) in [4.78, 5) is 14.2. The van der Waals surface area contributed by atoms with Crippen molar-refractivity contribution in [2.24, 2.45) is 0 Å². The van der Waals surface area contributed by atoms with Crippen LogP contribution in [-0.2, 0) is 0 Å². The van der Waals surface area contributed by atoms with E-state index >= 15 is 0 Å². The molecule has 170 valence electrons. The molecule has 0 aliphatic heterocycles. The van der Waals surface area contributed by atoms with Crippen LogP contribution in [0.4, 0.5) is 0 Å². The molecule has 0 spiro atoms. The van der Waals surface area contributed by atoms with Gasteiger partial charge in [0.2, 0.25) is 0 Å². The fraction of sp³-hybridized carbons (Fsp3) is 0. The molecule has 0 saturated carbocycles. The molecule has 3 aromatic carbocycles. The Labute approximate surface area is 207 Å². The maximum Gasteiger partial charge on any atom is 0.138 e. The summed E-state index contributed by atoms with van der Waals surface area (Å²) in [5.41, 5.74) is 8.95. The van der Waals surface area contributed by atoms with E-state index in [-0.39, 0.29) is 5.75 Å². The highest BCUT2D eigenvalue weighted by molar-refractivity contribution is 5.94. The third-order valence-corrected chi connectivity index (χ3v) is 6.53. The van der Waals surface area contributed by atoms with Gasteiger partial charge in [-0.05, 0) is 66.7 Å². The van der Waals surface area contributed by atoms with Gasteiger partial charge in [0.05, 0.1) is 33.6 Å². The van der Waals surface area contributed by atoms with Crippen molar-refractivity contribution >= 4 is 27.6 Å². The number of phenolic OH excluding ortho intramolecular Hbond substituents is 1. The Morgan fingerprint density at radius 3 is 2.25 bits per heavy atom. The van der Waals surface area contributed by atoms with Crippen molar-refractivity contribution in [3.05, 3.63) is 115 Å². The number of hydrogen-bond donors (Lipinski definition) is 1. The molecule has 1 N–H and O–H groups in total. The van der Waals surface area contributed by atoms with Crippen LogP contribution in [0, 0.1) is 0 Å². The quantitative estimate of drug-likeness (QED) is 0.302. The lowest BCUT2D eigenvalue weighted by Gasteiger charge is -2.11. The van der Waals surface area contributed by atoms with Crippen LogP contribution in [0.25, 0.3) is 61.4 Å². The number of para-hydroxylation sites is 2. The summed E-state index contributed by atoms with van der Waals surface area (Å²) in [6, 6.07) is 35.8. The van der Waals surface area contributed by atoms with Gasteiger partial charge in [0.15, 0.2) is 0 Å². The van der Waals surface area contributed by atoms with Crippen molar-refractivity contribution in [2.75, 3.05) is 0 Å². The Hall–Kier alpha value is -5.03. The lowest BCUT2D eigenvalue weighted by molar-refractivity contribution is 0.478. The predicted molar refractivity (Wildman–Crippen MR) is 144 cm³/mol. The molecule has 5 nitrogen and oxygen atoms in total. The standard InChI is InChI=1S/C31H20N4O/c36-30-18-22-14-15-31-34-27-10-1-2-13-28(27)35(31)29(22)19-23(30)26-12-6-11-25(33-26)21-8-5-7-20(17-21)24-9-3-4-16-32-24/h1-19,36H. The number of phenols is 1. The van der Waals surface area contributed by atoms with Crippen molar-refractivity contribution in [1.29, 1.82) is 0 Å². The average molecular weight is 465 g/mol. The number of imidazole rings is 1. The Bertz CT molecular complexity index is 1910. The van der Waals surface area contributed by atoms with Gasteiger partial charge in [-0.25, -0.2) is 9.97 Å². The van der Waals surface area contributed by atoms with Gasteiger partial charge in [0.25, 0.3) is 0 Å². The van der Waals surface area contributed by atoms with Crippen LogP contribution in [-0.4, -0.2) is 24.5 Å². The third kappa shape index (κ3) is 3.29. The summed E-state index contributed by atoms with van der Waals surface area (Å²) < 4.78 is 2.13. The SMILES string of the molecule is Oc1cc2ccc3nc4ccccc4n3c2cc1-c1cccc(-c2cccc(-c3ccccn3)c2)n1. The largest absolute Gasteiger partial charge is 0.507 e. The zero-order valence-electron chi connectivity index (χ0n) is 19.2. The second kappa shape index (κ2) is 8.03. The minimum absolute atomic E-state index is 0.193. The van der Waals surface area contributed by atoms with Crippen molar-refractivity contribution in [2.45, 2.75) is 0 Å². The predicted octanol–water partition coefficient (Wildman–Crippen LogP) is 7.14. The van der Waals surface area contributed by atoms with Crippen LogP contribution >= 0.6 is 0 Å². The molecule has 4 aromatic heterocycles. The molecule has 4 heterocycles. The number of fused-ring (bicyclic) bond motifs is 5. The van der Waals surface area contributed by atoms with E-state index in [1.165, 1.54) is 0 Å². The normalized spacial score (nSPS) is 11.4. The molecule has 0 bridgehead atoms. The Kier molecular flexibility index (Phi) is 4.54. The summed E-state index contributed by atoms with van der Waals surface area (Å²) >= 11 is 0. The molecule has 0 amide bonds. The molecule has 7 rings (SSSR count). The molecule has 0 unspecified atom stereocenters. The summed E-state index contributed by atoms with van der Waals surface area (Å²) in [5.74, 6) is 0.193. The monoisotopic (exact) mass is 464 g/mol. The van der Waals surface area contributed by atoms with Gasteiger partial charge in [-0.1, -0.05) is 42.5 Å². The molecule has 7 aromatic rings. The maximum absolute atomic E-state index is 11.0. The van der Waals surface area contributed by atoms with Gasteiger partial charge in [0, 0.05) is 28.3 Å². The lowest BCUT2D eigenvalue weighted by atomic mass is 10.0. The van der Waals surface area contributed by atoms with E-state index in [0.29, 0.717) is 11.3 Å². The van der Waals surface area contributed by atoms with E-state index < -0.39 is 0 Å². The van der Waals surface area contributed by atoms with Crippen LogP contribution in [0.2, 0.25) is 0 Å². The van der Waals surface area contributed by atoms with Crippen molar-refractivity contribution in [3.63, 3.8) is 0 Å². The number of aromatic nitrogens is 4. The zero-order valence-corrected chi connectivity index (χ0v) is 19.2. The van der Waals surface area contributed by atoms with Gasteiger partial charge < -0.3 is 5.11 Å². The summed E-state index contributed by atoms with van der Waals surface area (Å²) in [6.07, 6.45) is 1.80. The average Bonchev–Trinajstić information content (AvgIpc) is 3.32. The van der Waals surface area contributed by atoms with Gasteiger partial charge >= 0.3 is 0 Å².